The zero-order valence-corrected chi connectivity index (χ0v) is 12.4. The Morgan fingerprint density at radius 3 is 2.68 bits per heavy atom. The maximum absolute atomic E-state index is 4.42. The highest BCUT2D eigenvalue weighted by Crippen LogP contribution is 2.25. The summed E-state index contributed by atoms with van der Waals surface area (Å²) in [5.41, 5.74) is 1.27. The molecule has 0 radical (unpaired) electrons. The van der Waals surface area contributed by atoms with Crippen molar-refractivity contribution in [3.8, 4) is 0 Å². The summed E-state index contributed by atoms with van der Waals surface area (Å²) in [5.74, 6) is 0.878. The second-order valence-corrected chi connectivity index (χ2v) is 6.61. The van der Waals surface area contributed by atoms with Crippen LogP contribution < -0.4 is 0 Å². The number of hydrogen-bond acceptors (Lipinski definition) is 3. The molecule has 106 valence electrons. The minimum atomic E-state index is 0.608. The topological polar surface area (TPSA) is 24.3 Å². The van der Waals surface area contributed by atoms with Crippen LogP contribution in [0.1, 0.15) is 31.9 Å². The van der Waals surface area contributed by atoms with E-state index in [2.05, 4.69) is 46.5 Å². The summed E-state index contributed by atoms with van der Waals surface area (Å²) in [5, 5.41) is 4.42. The van der Waals surface area contributed by atoms with Crippen LogP contribution in [0.15, 0.2) is 12.4 Å². The number of likely N-dealkylation sites (tertiary alicyclic amines) is 2. The van der Waals surface area contributed by atoms with Crippen molar-refractivity contribution in [1.82, 2.24) is 19.6 Å². The van der Waals surface area contributed by atoms with E-state index in [1.165, 1.54) is 44.7 Å². The molecule has 0 aliphatic carbocycles. The minimum Gasteiger partial charge on any atom is -0.301 e. The lowest BCUT2D eigenvalue weighted by molar-refractivity contribution is 0.0806. The first kappa shape index (κ1) is 13.1. The molecule has 2 fully saturated rings. The lowest BCUT2D eigenvalue weighted by Crippen LogP contribution is -2.49. The summed E-state index contributed by atoms with van der Waals surface area (Å²) < 4.78 is 2.14. The maximum atomic E-state index is 4.42. The molecule has 0 bridgehead atoms. The Labute approximate surface area is 116 Å². The third-order valence-electron chi connectivity index (χ3n) is 4.61. The number of aryl methyl sites for hydroxylation is 1. The molecule has 2 saturated heterocycles. The predicted molar refractivity (Wildman–Crippen MR) is 77.3 cm³/mol. The van der Waals surface area contributed by atoms with Gasteiger partial charge >= 0.3 is 0 Å². The molecule has 19 heavy (non-hydrogen) atoms. The van der Waals surface area contributed by atoms with Gasteiger partial charge in [-0.2, -0.15) is 5.10 Å². The first-order chi connectivity index (χ1) is 9.11. The van der Waals surface area contributed by atoms with Gasteiger partial charge in [-0.1, -0.05) is 0 Å². The molecule has 2 aliphatic rings. The Morgan fingerprint density at radius 2 is 2.11 bits per heavy atom. The van der Waals surface area contributed by atoms with Crippen molar-refractivity contribution >= 4 is 0 Å². The molecule has 1 atom stereocenters. The van der Waals surface area contributed by atoms with Crippen molar-refractivity contribution in [1.29, 1.82) is 0 Å². The van der Waals surface area contributed by atoms with Crippen LogP contribution in [0.2, 0.25) is 0 Å². The van der Waals surface area contributed by atoms with Crippen LogP contribution in [0.5, 0.6) is 0 Å². The molecule has 0 saturated carbocycles. The third kappa shape index (κ3) is 2.84. The van der Waals surface area contributed by atoms with Crippen LogP contribution in [-0.4, -0.2) is 58.3 Å². The average molecular weight is 262 g/mol. The van der Waals surface area contributed by atoms with Crippen LogP contribution in [-0.2, 0) is 0 Å². The van der Waals surface area contributed by atoms with Gasteiger partial charge in [0, 0.05) is 38.4 Å². The van der Waals surface area contributed by atoms with Crippen molar-refractivity contribution < 1.29 is 0 Å². The number of rotatable bonds is 4. The molecule has 2 aliphatic heterocycles. The van der Waals surface area contributed by atoms with E-state index < -0.39 is 0 Å². The van der Waals surface area contributed by atoms with E-state index in [1.54, 1.807) is 0 Å². The van der Waals surface area contributed by atoms with E-state index >= 15 is 0 Å². The minimum absolute atomic E-state index is 0.608. The molecule has 0 aromatic carbocycles. The molecule has 3 heterocycles. The molecule has 1 aromatic heterocycles. The Morgan fingerprint density at radius 1 is 1.32 bits per heavy atom. The first-order valence-electron chi connectivity index (χ1n) is 7.59. The lowest BCUT2D eigenvalue weighted by Gasteiger charge is -2.40. The van der Waals surface area contributed by atoms with Gasteiger partial charge in [0.15, 0.2) is 0 Å². The highest BCUT2D eigenvalue weighted by molar-refractivity contribution is 5.02. The largest absolute Gasteiger partial charge is 0.301 e. The van der Waals surface area contributed by atoms with E-state index in [0.717, 1.165) is 5.92 Å². The molecule has 0 spiro atoms. The molecular formula is C15H26N4. The highest BCUT2D eigenvalue weighted by atomic mass is 15.4. The van der Waals surface area contributed by atoms with Crippen molar-refractivity contribution in [3.63, 3.8) is 0 Å². The second kappa shape index (κ2) is 5.25. The summed E-state index contributed by atoms with van der Waals surface area (Å²) in [7, 11) is 0. The maximum Gasteiger partial charge on any atom is 0.0772 e. The van der Waals surface area contributed by atoms with Gasteiger partial charge in [0.05, 0.1) is 12.2 Å². The average Bonchev–Trinajstić information content (AvgIpc) is 2.91. The summed E-state index contributed by atoms with van der Waals surface area (Å²) in [4.78, 5) is 5.20. The van der Waals surface area contributed by atoms with Crippen molar-refractivity contribution in [3.05, 3.63) is 18.0 Å². The Bertz CT molecular complexity index is 420. The molecule has 1 aromatic rings. The normalized spacial score (nSPS) is 26.2. The molecule has 4 heteroatoms. The third-order valence-corrected chi connectivity index (χ3v) is 4.61. The Balaban J connectivity index is 1.42. The zero-order valence-electron chi connectivity index (χ0n) is 12.4. The standard InChI is InChI=1S/C15H26N4/c1-12(2)18-5-4-14(9-18)8-17-10-15(11-17)19-7-13(3)6-16-19/h6-7,12,14-15H,4-5,8-11H2,1-3H3. The van der Waals surface area contributed by atoms with E-state index in [4.69, 9.17) is 0 Å². The van der Waals surface area contributed by atoms with Crippen molar-refractivity contribution in [2.24, 2.45) is 5.92 Å². The summed E-state index contributed by atoms with van der Waals surface area (Å²) >= 11 is 0. The van der Waals surface area contributed by atoms with Gasteiger partial charge in [-0.3, -0.25) is 9.58 Å². The van der Waals surface area contributed by atoms with Crippen LogP contribution >= 0.6 is 0 Å². The molecule has 1 unspecified atom stereocenters. The molecule has 4 nitrogen and oxygen atoms in total. The fraction of sp³-hybridized carbons (Fsp3) is 0.800. The molecule has 0 N–H and O–H groups in total. The van der Waals surface area contributed by atoms with Gasteiger partial charge in [0.1, 0.15) is 0 Å². The smallest absolute Gasteiger partial charge is 0.0772 e. The number of nitrogens with zero attached hydrogens (tertiary/aromatic N) is 4. The summed E-state index contributed by atoms with van der Waals surface area (Å²) in [6, 6.07) is 1.32. The molecular weight excluding hydrogens is 236 g/mol. The fourth-order valence-electron chi connectivity index (χ4n) is 3.34. The molecule has 3 rings (SSSR count). The summed E-state index contributed by atoms with van der Waals surface area (Å²) in [6.45, 7) is 12.9. The van der Waals surface area contributed by atoms with Gasteiger partial charge in [-0.15, -0.1) is 0 Å². The highest BCUT2D eigenvalue weighted by Gasteiger charge is 2.32. The van der Waals surface area contributed by atoms with Crippen molar-refractivity contribution in [2.45, 2.75) is 39.3 Å². The predicted octanol–water partition coefficient (Wildman–Crippen LogP) is 1.78. The van der Waals surface area contributed by atoms with Gasteiger partial charge in [-0.05, 0) is 45.2 Å². The Hall–Kier alpha value is -0.870. The van der Waals surface area contributed by atoms with Gasteiger partial charge in [-0.25, -0.2) is 0 Å². The van der Waals surface area contributed by atoms with E-state index in [-0.39, 0.29) is 0 Å². The van der Waals surface area contributed by atoms with E-state index in [9.17, 15) is 0 Å². The van der Waals surface area contributed by atoms with Gasteiger partial charge in [0.25, 0.3) is 0 Å². The first-order valence-corrected chi connectivity index (χ1v) is 7.59. The lowest BCUT2D eigenvalue weighted by atomic mass is 10.0. The zero-order chi connectivity index (χ0) is 13.4. The monoisotopic (exact) mass is 262 g/mol. The van der Waals surface area contributed by atoms with E-state index in [0.29, 0.717) is 12.1 Å². The summed E-state index contributed by atoms with van der Waals surface area (Å²) in [6.07, 6.45) is 5.50. The van der Waals surface area contributed by atoms with Gasteiger partial charge < -0.3 is 4.90 Å². The van der Waals surface area contributed by atoms with Crippen LogP contribution in [0.4, 0.5) is 0 Å². The van der Waals surface area contributed by atoms with Crippen LogP contribution in [0, 0.1) is 12.8 Å². The van der Waals surface area contributed by atoms with Gasteiger partial charge in [0.2, 0.25) is 0 Å². The number of aromatic nitrogens is 2. The van der Waals surface area contributed by atoms with Crippen molar-refractivity contribution in [2.75, 3.05) is 32.7 Å². The fourth-order valence-corrected chi connectivity index (χ4v) is 3.34. The van der Waals surface area contributed by atoms with E-state index in [1.807, 2.05) is 6.20 Å². The quantitative estimate of drug-likeness (QED) is 0.826. The van der Waals surface area contributed by atoms with Crippen LogP contribution in [0.3, 0.4) is 0 Å². The Kier molecular flexibility index (Phi) is 3.63. The molecule has 0 amide bonds. The van der Waals surface area contributed by atoms with Crippen LogP contribution in [0.25, 0.3) is 0 Å². The SMILES string of the molecule is Cc1cnn(C2CN(CC3CCN(C(C)C)C3)C2)c1. The second-order valence-electron chi connectivity index (χ2n) is 6.61. The number of hydrogen-bond donors (Lipinski definition) is 0.